The fourth-order valence-electron chi connectivity index (χ4n) is 1.70. The number of carbonyl (C=O) groups is 1. The lowest BCUT2D eigenvalue weighted by Gasteiger charge is -2.26. The lowest BCUT2D eigenvalue weighted by Crippen LogP contribution is -2.67. The summed E-state index contributed by atoms with van der Waals surface area (Å²) in [5.41, 5.74) is 5.50. The van der Waals surface area contributed by atoms with Crippen molar-refractivity contribution >= 4 is 5.97 Å². The number of ether oxygens (including phenoxy) is 4. The van der Waals surface area contributed by atoms with Gasteiger partial charge < -0.3 is 24.7 Å². The average Bonchev–Trinajstić information content (AvgIpc) is 2.47. The number of hydrogen-bond donors (Lipinski definition) is 1. The molecule has 0 bridgehead atoms. The van der Waals surface area contributed by atoms with E-state index in [0.29, 0.717) is 19.8 Å². The van der Waals surface area contributed by atoms with E-state index < -0.39 is 12.1 Å². The second-order valence-electron chi connectivity index (χ2n) is 5.48. The van der Waals surface area contributed by atoms with Gasteiger partial charge in [0.1, 0.15) is 25.4 Å². The zero-order valence-corrected chi connectivity index (χ0v) is 12.9. The van der Waals surface area contributed by atoms with Crippen molar-refractivity contribution in [2.24, 2.45) is 0 Å². The summed E-state index contributed by atoms with van der Waals surface area (Å²) in [5, 5.41) is 0. The van der Waals surface area contributed by atoms with Gasteiger partial charge in [-0.05, 0) is 13.8 Å². The average molecular weight is 300 g/mol. The molecule has 120 valence electrons. The second kappa shape index (κ2) is 8.94. The fraction of sp³-hybridized carbons (Fsp3) is 0.667. The minimum atomic E-state index is -0.535. The first-order chi connectivity index (χ1) is 9.90. The molecule has 6 nitrogen and oxygen atoms in total. The first-order valence-electron chi connectivity index (χ1n) is 6.99. The molecule has 3 atom stereocenters. The van der Waals surface area contributed by atoms with Gasteiger partial charge in [-0.3, -0.25) is 0 Å². The summed E-state index contributed by atoms with van der Waals surface area (Å²) in [6.45, 7) is 12.8. The van der Waals surface area contributed by atoms with Crippen LogP contribution in [0.1, 0.15) is 13.8 Å². The van der Waals surface area contributed by atoms with Gasteiger partial charge in [0.25, 0.3) is 0 Å². The van der Waals surface area contributed by atoms with E-state index >= 15 is 0 Å². The molecule has 0 aromatic rings. The molecule has 3 N–H and O–H groups in total. The molecule has 0 aliphatic carbocycles. The van der Waals surface area contributed by atoms with Crippen molar-refractivity contribution in [3.05, 3.63) is 24.3 Å². The Hall–Kier alpha value is -1.21. The third kappa shape index (κ3) is 6.86. The highest BCUT2D eigenvalue weighted by Crippen LogP contribution is 2.11. The van der Waals surface area contributed by atoms with E-state index in [0.717, 1.165) is 11.1 Å². The van der Waals surface area contributed by atoms with Crippen LogP contribution in [-0.2, 0) is 23.7 Å². The molecule has 1 aliphatic rings. The van der Waals surface area contributed by atoms with Crippen molar-refractivity contribution in [3.63, 3.8) is 0 Å². The highest BCUT2D eigenvalue weighted by Gasteiger charge is 2.30. The summed E-state index contributed by atoms with van der Waals surface area (Å²) in [6, 6.07) is -0.535. The molecule has 0 amide bonds. The molecule has 21 heavy (non-hydrogen) atoms. The van der Waals surface area contributed by atoms with Crippen molar-refractivity contribution in [1.82, 2.24) is 0 Å². The molecule has 1 saturated heterocycles. The van der Waals surface area contributed by atoms with E-state index in [-0.39, 0.29) is 25.3 Å². The van der Waals surface area contributed by atoms with Crippen LogP contribution >= 0.6 is 0 Å². The number of esters is 1. The second-order valence-corrected chi connectivity index (χ2v) is 5.48. The molecule has 1 heterocycles. The molecule has 6 heteroatoms. The van der Waals surface area contributed by atoms with E-state index in [4.69, 9.17) is 18.9 Å². The maximum absolute atomic E-state index is 11.7. The Bertz CT molecular complexity index is 382. The van der Waals surface area contributed by atoms with Crippen LogP contribution in [0.2, 0.25) is 0 Å². The van der Waals surface area contributed by atoms with Crippen LogP contribution in [0.3, 0.4) is 0 Å². The molecule has 0 spiro atoms. The Kier molecular flexibility index (Phi) is 7.60. The van der Waals surface area contributed by atoms with Gasteiger partial charge in [-0.2, -0.15) is 0 Å². The van der Waals surface area contributed by atoms with Crippen LogP contribution in [0, 0.1) is 0 Å². The molecular formula is C15H26NO5+. The van der Waals surface area contributed by atoms with E-state index in [1.807, 2.05) is 13.8 Å². The zero-order valence-electron chi connectivity index (χ0n) is 12.9. The van der Waals surface area contributed by atoms with Crippen molar-refractivity contribution in [3.8, 4) is 0 Å². The van der Waals surface area contributed by atoms with Crippen LogP contribution in [0.4, 0.5) is 0 Å². The zero-order chi connectivity index (χ0) is 15.8. The topological polar surface area (TPSA) is 81.6 Å². The fourth-order valence-corrected chi connectivity index (χ4v) is 1.70. The van der Waals surface area contributed by atoms with E-state index in [1.165, 1.54) is 0 Å². The molecule has 0 unspecified atom stereocenters. The monoisotopic (exact) mass is 300 g/mol. The van der Waals surface area contributed by atoms with Crippen LogP contribution in [0.15, 0.2) is 24.3 Å². The lowest BCUT2D eigenvalue weighted by molar-refractivity contribution is -0.415. The molecule has 0 aromatic carbocycles. The smallest absolute Gasteiger partial charge is 0.367 e. The van der Waals surface area contributed by atoms with Gasteiger partial charge in [0, 0.05) is 0 Å². The minimum absolute atomic E-state index is 0.113. The first kappa shape index (κ1) is 17.8. The van der Waals surface area contributed by atoms with Crippen LogP contribution in [0.5, 0.6) is 0 Å². The highest BCUT2D eigenvalue weighted by atomic mass is 16.6. The van der Waals surface area contributed by atoms with Gasteiger partial charge in [-0.1, -0.05) is 24.3 Å². The maximum atomic E-state index is 11.7. The molecular weight excluding hydrogens is 274 g/mol. The van der Waals surface area contributed by atoms with Gasteiger partial charge >= 0.3 is 5.97 Å². The van der Waals surface area contributed by atoms with Gasteiger partial charge in [-0.15, -0.1) is 0 Å². The standard InChI is InChI=1S/C15H25NO5/c1-10(2)5-19-13-8-18-7-12(16)15(17)21-9-14(13)20-6-11(3)4/h12-14H,1,3,5-9,16H2,2,4H3/p+1/t12-,13+,14+/m1/s1. The normalized spacial score (nSPS) is 27.2. The number of quaternary nitrogens is 1. The Morgan fingerprint density at radius 3 is 2.19 bits per heavy atom. The summed E-state index contributed by atoms with van der Waals surface area (Å²) < 4.78 is 22.2. The predicted molar refractivity (Wildman–Crippen MR) is 77.6 cm³/mol. The Balaban J connectivity index is 2.71. The molecule has 1 rings (SSSR count). The van der Waals surface area contributed by atoms with Gasteiger partial charge in [-0.25, -0.2) is 4.79 Å². The van der Waals surface area contributed by atoms with Crippen LogP contribution in [0.25, 0.3) is 0 Å². The summed E-state index contributed by atoms with van der Waals surface area (Å²) in [5.74, 6) is -0.389. The Morgan fingerprint density at radius 2 is 1.67 bits per heavy atom. The van der Waals surface area contributed by atoms with Gasteiger partial charge in [0.15, 0.2) is 0 Å². The number of cyclic esters (lactones) is 1. The number of carbonyl (C=O) groups excluding carboxylic acids is 1. The van der Waals surface area contributed by atoms with Gasteiger partial charge in [0.2, 0.25) is 6.04 Å². The van der Waals surface area contributed by atoms with Crippen molar-refractivity contribution < 1.29 is 29.5 Å². The van der Waals surface area contributed by atoms with E-state index in [2.05, 4.69) is 18.9 Å². The third-order valence-electron chi connectivity index (χ3n) is 2.83. The molecule has 0 radical (unpaired) electrons. The summed E-state index contributed by atoms with van der Waals surface area (Å²) in [6.07, 6.45) is -0.741. The number of rotatable bonds is 6. The molecule has 1 fully saturated rings. The Labute approximate surface area is 125 Å². The third-order valence-corrected chi connectivity index (χ3v) is 2.83. The summed E-state index contributed by atoms with van der Waals surface area (Å²) in [7, 11) is 0. The van der Waals surface area contributed by atoms with E-state index in [9.17, 15) is 4.79 Å². The summed E-state index contributed by atoms with van der Waals surface area (Å²) >= 11 is 0. The lowest BCUT2D eigenvalue weighted by atomic mass is 10.2. The van der Waals surface area contributed by atoms with E-state index in [1.54, 1.807) is 0 Å². The SMILES string of the molecule is C=C(C)CO[C@H]1COC[C@@H]([NH3+])C(=O)OC[C@@H]1OCC(=C)C. The minimum Gasteiger partial charge on any atom is -0.458 e. The largest absolute Gasteiger partial charge is 0.458 e. The first-order valence-corrected chi connectivity index (χ1v) is 6.99. The highest BCUT2D eigenvalue weighted by molar-refractivity contribution is 5.74. The molecule has 0 aromatic heterocycles. The summed E-state index contributed by atoms with van der Waals surface area (Å²) in [4.78, 5) is 11.7. The number of hydrogen-bond acceptors (Lipinski definition) is 5. The van der Waals surface area contributed by atoms with Crippen molar-refractivity contribution in [2.45, 2.75) is 32.1 Å². The van der Waals surface area contributed by atoms with Crippen molar-refractivity contribution in [1.29, 1.82) is 0 Å². The van der Waals surface area contributed by atoms with Crippen LogP contribution < -0.4 is 5.73 Å². The molecule has 1 aliphatic heterocycles. The molecule has 0 saturated carbocycles. The van der Waals surface area contributed by atoms with Crippen LogP contribution in [-0.4, -0.2) is 57.3 Å². The Morgan fingerprint density at radius 1 is 1.14 bits per heavy atom. The van der Waals surface area contributed by atoms with Crippen molar-refractivity contribution in [2.75, 3.05) is 33.0 Å². The maximum Gasteiger partial charge on any atom is 0.367 e. The predicted octanol–water partition coefficient (Wildman–Crippen LogP) is 0.0929. The van der Waals surface area contributed by atoms with Gasteiger partial charge in [0.05, 0.1) is 19.8 Å². The quantitative estimate of drug-likeness (QED) is 0.555.